The molecule has 5 nitrogen and oxygen atoms in total. The minimum Gasteiger partial charge on any atom is -0.310 e. The summed E-state index contributed by atoms with van der Waals surface area (Å²) < 4.78 is 2.35. The first-order chi connectivity index (χ1) is 26.8. The molecule has 0 saturated heterocycles. The molecule has 254 valence electrons. The molecular weight excluding hydrogens is 659 g/mol. The fourth-order valence-electron chi connectivity index (χ4n) is 7.48. The van der Waals surface area contributed by atoms with Crippen LogP contribution in [0, 0.1) is 0 Å². The molecule has 5 heteroatoms. The first-order valence-electron chi connectivity index (χ1n) is 18.1. The van der Waals surface area contributed by atoms with Gasteiger partial charge in [0.2, 0.25) is 0 Å². The second-order valence-electron chi connectivity index (χ2n) is 13.3. The van der Waals surface area contributed by atoms with Gasteiger partial charge in [-0.25, -0.2) is 15.0 Å². The van der Waals surface area contributed by atoms with Gasteiger partial charge in [-0.05, 0) is 72.1 Å². The maximum absolute atomic E-state index is 4.95. The molecule has 10 rings (SSSR count). The van der Waals surface area contributed by atoms with E-state index in [-0.39, 0.29) is 0 Å². The van der Waals surface area contributed by atoms with Crippen molar-refractivity contribution in [2.45, 2.75) is 0 Å². The second kappa shape index (κ2) is 13.3. The van der Waals surface area contributed by atoms with Crippen molar-refractivity contribution < 1.29 is 0 Å². The lowest BCUT2D eigenvalue weighted by molar-refractivity contribution is 1.07. The van der Waals surface area contributed by atoms with Crippen LogP contribution in [0.3, 0.4) is 0 Å². The Morgan fingerprint density at radius 3 is 1.54 bits per heavy atom. The molecule has 0 aliphatic heterocycles. The number of aromatic nitrogens is 4. The molecule has 0 saturated carbocycles. The molecule has 0 atom stereocenters. The summed E-state index contributed by atoms with van der Waals surface area (Å²) in [5, 5.41) is 4.80. The number of anilines is 3. The van der Waals surface area contributed by atoms with Gasteiger partial charge >= 0.3 is 0 Å². The molecule has 0 unspecified atom stereocenters. The number of para-hydroxylation sites is 2. The maximum Gasteiger partial charge on any atom is 0.164 e. The summed E-state index contributed by atoms with van der Waals surface area (Å²) in [6.45, 7) is 0. The normalized spacial score (nSPS) is 11.3. The van der Waals surface area contributed by atoms with E-state index in [4.69, 9.17) is 15.0 Å². The fraction of sp³-hybridized carbons (Fsp3) is 0. The average Bonchev–Trinajstić information content (AvgIpc) is 3.58. The molecule has 2 heterocycles. The number of fused-ring (bicyclic) bond motifs is 4. The first kappa shape index (κ1) is 31.4. The van der Waals surface area contributed by atoms with Crippen LogP contribution in [0.1, 0.15) is 0 Å². The lowest BCUT2D eigenvalue weighted by atomic mass is 10.1. The fourth-order valence-corrected chi connectivity index (χ4v) is 7.48. The molecular formula is C49H33N5. The zero-order chi connectivity index (χ0) is 35.8. The van der Waals surface area contributed by atoms with Crippen LogP contribution in [0.25, 0.3) is 72.4 Å². The van der Waals surface area contributed by atoms with Crippen molar-refractivity contribution in [2.75, 3.05) is 4.90 Å². The predicted molar refractivity (Wildman–Crippen MR) is 223 cm³/mol. The second-order valence-corrected chi connectivity index (χ2v) is 13.3. The molecule has 0 bridgehead atoms. The number of nitrogens with zero attached hydrogens (tertiary/aromatic N) is 5. The van der Waals surface area contributed by atoms with Gasteiger partial charge in [0.05, 0.1) is 16.7 Å². The van der Waals surface area contributed by atoms with Crippen molar-refractivity contribution in [3.05, 3.63) is 200 Å². The van der Waals surface area contributed by atoms with Crippen molar-refractivity contribution in [3.8, 4) is 39.9 Å². The molecule has 10 aromatic rings. The lowest BCUT2D eigenvalue weighted by Gasteiger charge is -2.27. The molecule has 0 aliphatic rings. The molecule has 0 amide bonds. The summed E-state index contributed by atoms with van der Waals surface area (Å²) in [7, 11) is 0. The van der Waals surface area contributed by atoms with Gasteiger partial charge in [0, 0.05) is 49.9 Å². The highest BCUT2D eigenvalue weighted by molar-refractivity contribution is 6.11. The number of benzene rings is 8. The summed E-state index contributed by atoms with van der Waals surface area (Å²) in [4.78, 5) is 17.1. The van der Waals surface area contributed by atoms with Crippen LogP contribution in [-0.2, 0) is 0 Å². The Bertz CT molecular complexity index is 2860. The standard InChI is InChI=1S/C49H33N5/c1-4-16-35(17-5-1)47-50-48(36-18-6-2-7-19-36)52-49(51-47)37-27-29-39(30-28-37)54-45-25-13-12-24-42(45)43-33-40(31-32-46(43)54)53(38-21-8-3-9-22-38)44-26-14-20-34-15-10-11-23-41(34)44/h1-33H. The van der Waals surface area contributed by atoms with Crippen LogP contribution >= 0.6 is 0 Å². The van der Waals surface area contributed by atoms with E-state index >= 15 is 0 Å². The number of hydrogen-bond donors (Lipinski definition) is 0. The van der Waals surface area contributed by atoms with Crippen molar-refractivity contribution in [3.63, 3.8) is 0 Å². The Labute approximate surface area is 313 Å². The summed E-state index contributed by atoms with van der Waals surface area (Å²) in [5.74, 6) is 1.93. The van der Waals surface area contributed by atoms with Gasteiger partial charge in [0.25, 0.3) is 0 Å². The Morgan fingerprint density at radius 2 is 0.870 bits per heavy atom. The zero-order valence-corrected chi connectivity index (χ0v) is 29.3. The largest absolute Gasteiger partial charge is 0.310 e. The number of rotatable bonds is 7. The molecule has 0 fully saturated rings. The third-order valence-corrected chi connectivity index (χ3v) is 10.0. The Balaban J connectivity index is 1.10. The zero-order valence-electron chi connectivity index (χ0n) is 29.3. The Hall–Kier alpha value is -7.37. The summed E-state index contributed by atoms with van der Waals surface area (Å²) in [5.41, 5.74) is 9.51. The molecule has 0 N–H and O–H groups in total. The van der Waals surface area contributed by atoms with Crippen molar-refractivity contribution in [1.82, 2.24) is 19.5 Å². The van der Waals surface area contributed by atoms with Crippen molar-refractivity contribution in [2.24, 2.45) is 0 Å². The van der Waals surface area contributed by atoms with E-state index in [9.17, 15) is 0 Å². The molecule has 0 radical (unpaired) electrons. The van der Waals surface area contributed by atoms with Gasteiger partial charge in [-0.2, -0.15) is 0 Å². The van der Waals surface area contributed by atoms with Crippen molar-refractivity contribution in [1.29, 1.82) is 0 Å². The van der Waals surface area contributed by atoms with E-state index in [1.54, 1.807) is 0 Å². The van der Waals surface area contributed by atoms with Gasteiger partial charge in [0.15, 0.2) is 17.5 Å². The Morgan fingerprint density at radius 1 is 0.352 bits per heavy atom. The summed E-state index contributed by atoms with van der Waals surface area (Å²) >= 11 is 0. The average molecular weight is 692 g/mol. The molecule has 0 aliphatic carbocycles. The van der Waals surface area contributed by atoms with Gasteiger partial charge in [-0.1, -0.05) is 133 Å². The summed E-state index contributed by atoms with van der Waals surface area (Å²) in [6.07, 6.45) is 0. The van der Waals surface area contributed by atoms with Crippen LogP contribution in [0.15, 0.2) is 200 Å². The van der Waals surface area contributed by atoms with Crippen molar-refractivity contribution >= 4 is 49.6 Å². The van der Waals surface area contributed by atoms with Gasteiger partial charge < -0.3 is 9.47 Å². The SMILES string of the molecule is c1ccc(-c2nc(-c3ccccc3)nc(-c3ccc(-n4c5ccccc5c5cc(N(c6ccccc6)c6cccc7ccccc67)ccc54)cc3)n2)cc1. The van der Waals surface area contributed by atoms with Crippen LogP contribution in [0.5, 0.6) is 0 Å². The predicted octanol–water partition coefficient (Wildman–Crippen LogP) is 12.6. The van der Waals surface area contributed by atoms with E-state index in [2.05, 4.69) is 149 Å². The molecule has 2 aromatic heterocycles. The molecule has 0 spiro atoms. The van der Waals surface area contributed by atoms with E-state index in [1.165, 1.54) is 21.5 Å². The third kappa shape index (κ3) is 5.56. The van der Waals surface area contributed by atoms with Crippen LogP contribution in [0.4, 0.5) is 17.1 Å². The molecule has 8 aromatic carbocycles. The van der Waals surface area contributed by atoms with Crippen LogP contribution in [-0.4, -0.2) is 19.5 Å². The van der Waals surface area contributed by atoms with Crippen LogP contribution in [0.2, 0.25) is 0 Å². The van der Waals surface area contributed by atoms with Crippen LogP contribution < -0.4 is 4.90 Å². The maximum atomic E-state index is 4.95. The topological polar surface area (TPSA) is 46.8 Å². The van der Waals surface area contributed by atoms with Gasteiger partial charge in [0.1, 0.15) is 0 Å². The highest BCUT2D eigenvalue weighted by Gasteiger charge is 2.19. The minimum absolute atomic E-state index is 0.635. The van der Waals surface area contributed by atoms with E-state index in [0.29, 0.717) is 17.5 Å². The number of hydrogen-bond acceptors (Lipinski definition) is 4. The minimum atomic E-state index is 0.635. The monoisotopic (exact) mass is 691 g/mol. The van der Waals surface area contributed by atoms with E-state index in [0.717, 1.165) is 50.5 Å². The van der Waals surface area contributed by atoms with Gasteiger partial charge in [-0.15, -0.1) is 0 Å². The Kier molecular flexibility index (Phi) is 7.73. The third-order valence-electron chi connectivity index (χ3n) is 10.0. The highest BCUT2D eigenvalue weighted by atomic mass is 15.1. The highest BCUT2D eigenvalue weighted by Crippen LogP contribution is 2.42. The molecule has 54 heavy (non-hydrogen) atoms. The smallest absolute Gasteiger partial charge is 0.164 e. The quantitative estimate of drug-likeness (QED) is 0.167. The van der Waals surface area contributed by atoms with E-state index in [1.807, 2.05) is 60.7 Å². The van der Waals surface area contributed by atoms with Gasteiger partial charge in [-0.3, -0.25) is 0 Å². The lowest BCUT2D eigenvalue weighted by Crippen LogP contribution is -2.10. The first-order valence-corrected chi connectivity index (χ1v) is 18.1. The van der Waals surface area contributed by atoms with E-state index < -0.39 is 0 Å². The summed E-state index contributed by atoms with van der Waals surface area (Å²) in [6, 6.07) is 69.9.